The largest absolute Gasteiger partial charge is 0.350 e. The summed E-state index contributed by atoms with van der Waals surface area (Å²) in [6, 6.07) is 11.8. The van der Waals surface area contributed by atoms with E-state index in [9.17, 15) is 5.26 Å². The summed E-state index contributed by atoms with van der Waals surface area (Å²) in [5.74, 6) is 0.692. The molecule has 2 heterocycles. The van der Waals surface area contributed by atoms with Crippen LogP contribution in [0, 0.1) is 11.3 Å². The lowest BCUT2D eigenvalue weighted by atomic mass is 10.3. The molecule has 0 radical (unpaired) electrons. The van der Waals surface area contributed by atoms with Crippen LogP contribution in [-0.4, -0.2) is 52.6 Å². The molecule has 1 aromatic carbocycles. The first-order valence-electron chi connectivity index (χ1n) is 7.22. The lowest BCUT2D eigenvalue weighted by Gasteiger charge is -2.33. The molecule has 0 spiro atoms. The zero-order valence-corrected chi connectivity index (χ0v) is 12.1. The van der Waals surface area contributed by atoms with E-state index in [1.807, 2.05) is 30.3 Å². The predicted octanol–water partition coefficient (Wildman–Crippen LogP) is 1.28. The van der Waals surface area contributed by atoms with Crippen LogP contribution in [0.5, 0.6) is 0 Å². The van der Waals surface area contributed by atoms with Crippen LogP contribution in [0.1, 0.15) is 12.6 Å². The van der Waals surface area contributed by atoms with Crippen LogP contribution in [0.2, 0.25) is 0 Å². The molecule has 2 aromatic rings. The zero-order valence-electron chi connectivity index (χ0n) is 12.1. The number of hydrogen-bond donors (Lipinski definition) is 0. The Balaban J connectivity index is 1.86. The molecule has 0 bridgehead atoms. The number of nitrogens with zero attached hydrogens (tertiary/aromatic N) is 6. The van der Waals surface area contributed by atoms with E-state index >= 15 is 0 Å². The molecule has 0 saturated carbocycles. The van der Waals surface area contributed by atoms with Gasteiger partial charge in [-0.05, 0) is 18.7 Å². The number of piperazine rings is 1. The highest BCUT2D eigenvalue weighted by Gasteiger charge is 2.22. The zero-order chi connectivity index (χ0) is 14.7. The van der Waals surface area contributed by atoms with Crippen molar-refractivity contribution in [3.63, 3.8) is 0 Å². The van der Waals surface area contributed by atoms with Crippen molar-refractivity contribution in [2.75, 3.05) is 37.6 Å². The minimum absolute atomic E-state index is 0.392. The molecule has 0 atom stereocenters. The fraction of sp³-hybridized carbons (Fsp3) is 0.400. The van der Waals surface area contributed by atoms with Gasteiger partial charge in [0.1, 0.15) is 6.07 Å². The van der Waals surface area contributed by atoms with E-state index in [4.69, 9.17) is 0 Å². The van der Waals surface area contributed by atoms with Crippen LogP contribution in [0.15, 0.2) is 30.3 Å². The summed E-state index contributed by atoms with van der Waals surface area (Å²) in [6.45, 7) is 7.00. The molecule has 1 saturated heterocycles. The highest BCUT2D eigenvalue weighted by molar-refractivity contribution is 5.50. The monoisotopic (exact) mass is 282 g/mol. The van der Waals surface area contributed by atoms with Crippen LogP contribution in [-0.2, 0) is 0 Å². The number of anilines is 1. The summed E-state index contributed by atoms with van der Waals surface area (Å²) >= 11 is 0. The number of aromatic nitrogens is 3. The molecule has 1 fully saturated rings. The van der Waals surface area contributed by atoms with E-state index in [1.54, 1.807) is 4.80 Å². The maximum absolute atomic E-state index is 9.30. The molecule has 0 aliphatic carbocycles. The number of likely N-dealkylation sites (N-methyl/N-ethyl adjacent to an activating group) is 1. The Bertz CT molecular complexity index is 634. The third-order valence-corrected chi connectivity index (χ3v) is 3.81. The van der Waals surface area contributed by atoms with Gasteiger partial charge in [0, 0.05) is 26.2 Å². The van der Waals surface area contributed by atoms with E-state index in [0.717, 1.165) is 38.4 Å². The Hall–Kier alpha value is -2.39. The molecule has 1 aliphatic rings. The first kappa shape index (κ1) is 13.6. The molecule has 6 nitrogen and oxygen atoms in total. The highest BCUT2D eigenvalue weighted by Crippen LogP contribution is 2.18. The fourth-order valence-corrected chi connectivity index (χ4v) is 2.54. The van der Waals surface area contributed by atoms with Gasteiger partial charge in [0.15, 0.2) is 5.82 Å². The van der Waals surface area contributed by atoms with Gasteiger partial charge in [0.05, 0.1) is 5.69 Å². The Labute approximate surface area is 124 Å². The molecule has 6 heteroatoms. The standard InChI is InChI=1S/C15H18N6/c1-2-19-8-10-20(11-9-19)15-14(12-16)17-21(18-15)13-6-4-3-5-7-13/h3-7H,2,8-11H2,1H3. The van der Waals surface area contributed by atoms with Crippen molar-refractivity contribution in [2.24, 2.45) is 0 Å². The van der Waals surface area contributed by atoms with Gasteiger partial charge < -0.3 is 9.80 Å². The summed E-state index contributed by atoms with van der Waals surface area (Å²) in [5, 5.41) is 18.1. The van der Waals surface area contributed by atoms with Crippen LogP contribution >= 0.6 is 0 Å². The summed E-state index contributed by atoms with van der Waals surface area (Å²) in [6.07, 6.45) is 0. The minimum Gasteiger partial charge on any atom is -0.350 e. The summed E-state index contributed by atoms with van der Waals surface area (Å²) in [7, 11) is 0. The molecule has 0 N–H and O–H groups in total. The summed E-state index contributed by atoms with van der Waals surface area (Å²) < 4.78 is 0. The van der Waals surface area contributed by atoms with Gasteiger partial charge >= 0.3 is 0 Å². The molecule has 1 aromatic heterocycles. The second-order valence-electron chi connectivity index (χ2n) is 5.03. The topological polar surface area (TPSA) is 61.0 Å². The van der Waals surface area contributed by atoms with Crippen molar-refractivity contribution in [3.05, 3.63) is 36.0 Å². The second-order valence-corrected chi connectivity index (χ2v) is 5.03. The van der Waals surface area contributed by atoms with Crippen molar-refractivity contribution in [1.82, 2.24) is 19.9 Å². The smallest absolute Gasteiger partial charge is 0.207 e. The number of nitriles is 1. The average molecular weight is 282 g/mol. The van der Waals surface area contributed by atoms with Crippen molar-refractivity contribution < 1.29 is 0 Å². The third-order valence-electron chi connectivity index (χ3n) is 3.81. The molecule has 108 valence electrons. The van der Waals surface area contributed by atoms with Gasteiger partial charge in [0.2, 0.25) is 5.69 Å². The normalized spacial score (nSPS) is 15.9. The molecule has 0 amide bonds. The lowest BCUT2D eigenvalue weighted by molar-refractivity contribution is 0.270. The highest BCUT2D eigenvalue weighted by atomic mass is 15.5. The SMILES string of the molecule is CCN1CCN(c2nn(-c3ccccc3)nc2C#N)CC1. The predicted molar refractivity (Wildman–Crippen MR) is 80.4 cm³/mol. The number of benzene rings is 1. The Kier molecular flexibility index (Phi) is 3.84. The van der Waals surface area contributed by atoms with Crippen LogP contribution in [0.4, 0.5) is 5.82 Å². The van der Waals surface area contributed by atoms with Gasteiger partial charge in [0.25, 0.3) is 0 Å². The summed E-state index contributed by atoms with van der Waals surface area (Å²) in [4.78, 5) is 6.08. The quantitative estimate of drug-likeness (QED) is 0.848. The second kappa shape index (κ2) is 5.94. The van der Waals surface area contributed by atoms with Gasteiger partial charge in [-0.25, -0.2) is 0 Å². The third kappa shape index (κ3) is 2.73. The van der Waals surface area contributed by atoms with Crippen LogP contribution in [0.25, 0.3) is 5.69 Å². The molecule has 1 aliphatic heterocycles. The van der Waals surface area contributed by atoms with Gasteiger partial charge in [-0.3, -0.25) is 0 Å². The van der Waals surface area contributed by atoms with E-state index in [-0.39, 0.29) is 0 Å². The number of hydrogen-bond acceptors (Lipinski definition) is 5. The first-order valence-corrected chi connectivity index (χ1v) is 7.22. The van der Waals surface area contributed by atoms with Crippen molar-refractivity contribution in [2.45, 2.75) is 6.92 Å². The number of para-hydroxylation sites is 1. The van der Waals surface area contributed by atoms with Gasteiger partial charge in [-0.15, -0.1) is 15.0 Å². The number of rotatable bonds is 3. The fourth-order valence-electron chi connectivity index (χ4n) is 2.54. The molecule has 0 unspecified atom stereocenters. The van der Waals surface area contributed by atoms with Gasteiger partial charge in [-0.2, -0.15) is 5.26 Å². The molecular formula is C15H18N6. The van der Waals surface area contributed by atoms with E-state index in [1.165, 1.54) is 0 Å². The Morgan fingerprint density at radius 3 is 2.43 bits per heavy atom. The maximum atomic E-state index is 9.30. The minimum atomic E-state index is 0.392. The lowest BCUT2D eigenvalue weighted by Crippen LogP contribution is -2.46. The van der Waals surface area contributed by atoms with E-state index < -0.39 is 0 Å². The van der Waals surface area contributed by atoms with Crippen LogP contribution in [0.3, 0.4) is 0 Å². The molecular weight excluding hydrogens is 264 g/mol. The van der Waals surface area contributed by atoms with Crippen molar-refractivity contribution >= 4 is 5.82 Å². The Morgan fingerprint density at radius 2 is 1.81 bits per heavy atom. The summed E-state index contributed by atoms with van der Waals surface area (Å²) in [5.41, 5.74) is 1.26. The van der Waals surface area contributed by atoms with E-state index in [2.05, 4.69) is 33.0 Å². The Morgan fingerprint density at radius 1 is 1.10 bits per heavy atom. The van der Waals surface area contributed by atoms with Crippen molar-refractivity contribution in [3.8, 4) is 11.8 Å². The van der Waals surface area contributed by atoms with Crippen LogP contribution < -0.4 is 4.90 Å². The first-order chi connectivity index (χ1) is 10.3. The van der Waals surface area contributed by atoms with E-state index in [0.29, 0.717) is 11.5 Å². The van der Waals surface area contributed by atoms with Crippen molar-refractivity contribution in [1.29, 1.82) is 5.26 Å². The van der Waals surface area contributed by atoms with Gasteiger partial charge in [-0.1, -0.05) is 25.1 Å². The molecule has 21 heavy (non-hydrogen) atoms. The average Bonchev–Trinajstić information content (AvgIpc) is 3.00. The maximum Gasteiger partial charge on any atom is 0.207 e. The molecule has 3 rings (SSSR count).